The molecule has 0 amide bonds. The van der Waals surface area contributed by atoms with E-state index in [2.05, 4.69) is 4.98 Å². The van der Waals surface area contributed by atoms with Crippen molar-refractivity contribution in [3.63, 3.8) is 0 Å². The van der Waals surface area contributed by atoms with Crippen molar-refractivity contribution in [2.45, 2.75) is 12.8 Å². The van der Waals surface area contributed by atoms with Crippen LogP contribution in [0.2, 0.25) is 0 Å². The fraction of sp³-hybridized carbons (Fsp3) is 0.176. The molecule has 0 saturated carbocycles. The summed E-state index contributed by atoms with van der Waals surface area (Å²) in [5.41, 5.74) is 8.35. The van der Waals surface area contributed by atoms with Crippen molar-refractivity contribution >= 4 is 17.8 Å². The van der Waals surface area contributed by atoms with E-state index in [-0.39, 0.29) is 23.7 Å². The summed E-state index contributed by atoms with van der Waals surface area (Å²) < 4.78 is 28.1. The lowest BCUT2D eigenvalue weighted by atomic mass is 9.97. The van der Waals surface area contributed by atoms with E-state index >= 15 is 0 Å². The number of alkyl halides is 1. The molecule has 2 heterocycles. The van der Waals surface area contributed by atoms with Crippen molar-refractivity contribution < 1.29 is 13.6 Å². The Hall–Kier alpha value is -2.76. The van der Waals surface area contributed by atoms with E-state index < -0.39 is 6.67 Å². The fourth-order valence-corrected chi connectivity index (χ4v) is 2.68. The number of anilines is 1. The number of nitrogens with zero attached hydrogens (tertiary/aromatic N) is 2. The zero-order chi connectivity index (χ0) is 16.4. The number of fused-ring (bicyclic) bond motifs is 1. The predicted molar refractivity (Wildman–Crippen MR) is 84.7 cm³/mol. The standard InChI is InChI=1S/C17H15F2N3O/c18-8-2-4-13-12(3-1-5-14(13)19)11-6-7-16-21-17(20)15(10-23)22(16)9-11/h1,3,5-7,9-10H,2,4,8,20H2. The summed E-state index contributed by atoms with van der Waals surface area (Å²) in [6.45, 7) is -0.500. The highest BCUT2D eigenvalue weighted by molar-refractivity contribution is 5.82. The number of imidazole rings is 1. The molecule has 6 heteroatoms. The summed E-state index contributed by atoms with van der Waals surface area (Å²) in [4.78, 5) is 15.3. The molecule has 0 spiro atoms. The van der Waals surface area contributed by atoms with E-state index in [9.17, 15) is 13.6 Å². The number of carbonyl (C=O) groups excluding carboxylic acids is 1. The van der Waals surface area contributed by atoms with Gasteiger partial charge >= 0.3 is 0 Å². The van der Waals surface area contributed by atoms with Crippen LogP contribution in [0.5, 0.6) is 0 Å². The molecule has 0 radical (unpaired) electrons. The molecule has 118 valence electrons. The Balaban J connectivity index is 2.17. The number of nitrogens with two attached hydrogens (primary N) is 1. The minimum atomic E-state index is -0.500. The molecular formula is C17H15F2N3O. The van der Waals surface area contributed by atoms with Crippen molar-refractivity contribution in [1.29, 1.82) is 0 Å². The van der Waals surface area contributed by atoms with Crippen LogP contribution in [0.4, 0.5) is 14.6 Å². The molecule has 1 aromatic carbocycles. The lowest BCUT2D eigenvalue weighted by Crippen LogP contribution is -1.98. The number of halogens is 2. The maximum absolute atomic E-state index is 14.1. The number of benzene rings is 1. The fourth-order valence-electron chi connectivity index (χ4n) is 2.68. The minimum Gasteiger partial charge on any atom is -0.382 e. The average Bonchev–Trinajstić information content (AvgIpc) is 2.87. The molecule has 0 aliphatic heterocycles. The Kier molecular flexibility index (Phi) is 4.06. The van der Waals surface area contributed by atoms with Crippen LogP contribution in [-0.4, -0.2) is 22.3 Å². The minimum absolute atomic E-state index is 0.147. The molecule has 0 fully saturated rings. The van der Waals surface area contributed by atoms with Crippen molar-refractivity contribution in [2.24, 2.45) is 0 Å². The Morgan fingerprint density at radius 2 is 2.09 bits per heavy atom. The van der Waals surface area contributed by atoms with Gasteiger partial charge in [0.15, 0.2) is 12.1 Å². The molecule has 0 bridgehead atoms. The van der Waals surface area contributed by atoms with Crippen molar-refractivity contribution in [2.75, 3.05) is 12.4 Å². The van der Waals surface area contributed by atoms with Gasteiger partial charge in [0.05, 0.1) is 6.67 Å². The van der Waals surface area contributed by atoms with E-state index in [0.717, 1.165) is 0 Å². The average molecular weight is 315 g/mol. The van der Waals surface area contributed by atoms with E-state index in [1.807, 2.05) is 0 Å². The van der Waals surface area contributed by atoms with Gasteiger partial charge < -0.3 is 5.73 Å². The molecule has 0 unspecified atom stereocenters. The molecule has 0 aliphatic rings. The number of rotatable bonds is 5. The van der Waals surface area contributed by atoms with Crippen molar-refractivity contribution in [3.05, 3.63) is 53.6 Å². The summed E-state index contributed by atoms with van der Waals surface area (Å²) >= 11 is 0. The van der Waals surface area contributed by atoms with Crippen LogP contribution in [0.25, 0.3) is 16.8 Å². The van der Waals surface area contributed by atoms with Crippen molar-refractivity contribution in [3.8, 4) is 11.1 Å². The summed E-state index contributed by atoms with van der Waals surface area (Å²) in [7, 11) is 0. The van der Waals surface area contributed by atoms with Crippen LogP contribution >= 0.6 is 0 Å². The van der Waals surface area contributed by atoms with Gasteiger partial charge in [-0.25, -0.2) is 9.37 Å². The first-order valence-corrected chi connectivity index (χ1v) is 7.22. The normalized spacial score (nSPS) is 11.0. The van der Waals surface area contributed by atoms with Gasteiger partial charge in [-0.2, -0.15) is 0 Å². The summed E-state index contributed by atoms with van der Waals surface area (Å²) in [6.07, 6.45) is 2.89. The number of hydrogen-bond acceptors (Lipinski definition) is 3. The Morgan fingerprint density at radius 1 is 1.26 bits per heavy atom. The van der Waals surface area contributed by atoms with E-state index in [1.165, 1.54) is 6.07 Å². The monoisotopic (exact) mass is 315 g/mol. The third-order valence-electron chi connectivity index (χ3n) is 3.79. The van der Waals surface area contributed by atoms with E-state index in [0.29, 0.717) is 35.0 Å². The van der Waals surface area contributed by atoms with Crippen LogP contribution in [-0.2, 0) is 6.42 Å². The second-order valence-corrected chi connectivity index (χ2v) is 5.20. The summed E-state index contributed by atoms with van der Waals surface area (Å²) in [6, 6.07) is 8.24. The van der Waals surface area contributed by atoms with E-state index in [4.69, 9.17) is 5.73 Å². The lowest BCUT2D eigenvalue weighted by molar-refractivity contribution is 0.111. The highest BCUT2D eigenvalue weighted by Crippen LogP contribution is 2.28. The number of carbonyl (C=O) groups is 1. The van der Waals surface area contributed by atoms with Gasteiger partial charge in [-0.15, -0.1) is 0 Å². The molecule has 0 aliphatic carbocycles. The second kappa shape index (κ2) is 6.16. The van der Waals surface area contributed by atoms with Gasteiger partial charge in [0.1, 0.15) is 17.2 Å². The van der Waals surface area contributed by atoms with Crippen LogP contribution in [0.3, 0.4) is 0 Å². The molecule has 2 aromatic heterocycles. The molecule has 3 rings (SSSR count). The zero-order valence-corrected chi connectivity index (χ0v) is 12.3. The molecular weight excluding hydrogens is 300 g/mol. The smallest absolute Gasteiger partial charge is 0.170 e. The van der Waals surface area contributed by atoms with E-state index in [1.54, 1.807) is 34.9 Å². The first kappa shape index (κ1) is 15.1. The first-order valence-electron chi connectivity index (χ1n) is 7.22. The van der Waals surface area contributed by atoms with Gasteiger partial charge in [-0.05, 0) is 47.7 Å². The topological polar surface area (TPSA) is 60.4 Å². The molecule has 4 nitrogen and oxygen atoms in total. The number of aldehydes is 1. The highest BCUT2D eigenvalue weighted by atomic mass is 19.1. The largest absolute Gasteiger partial charge is 0.382 e. The Bertz CT molecular complexity index is 874. The van der Waals surface area contributed by atoms with Crippen LogP contribution in [0.1, 0.15) is 22.5 Å². The van der Waals surface area contributed by atoms with Crippen LogP contribution in [0.15, 0.2) is 36.5 Å². The first-order chi connectivity index (χ1) is 11.2. The zero-order valence-electron chi connectivity index (χ0n) is 12.3. The maximum atomic E-state index is 14.1. The summed E-state index contributed by atoms with van der Waals surface area (Å²) in [5.74, 6) is -0.217. The maximum Gasteiger partial charge on any atom is 0.170 e. The molecule has 3 aromatic rings. The molecule has 0 atom stereocenters. The number of hydrogen-bond donors (Lipinski definition) is 1. The quantitative estimate of drug-likeness (QED) is 0.734. The SMILES string of the molecule is Nc1nc2ccc(-c3cccc(F)c3CCCF)cn2c1C=O. The van der Waals surface area contributed by atoms with Gasteiger partial charge in [0.2, 0.25) is 0 Å². The number of aromatic nitrogens is 2. The molecule has 2 N–H and O–H groups in total. The van der Waals surface area contributed by atoms with Gasteiger partial charge in [0.25, 0.3) is 0 Å². The Morgan fingerprint density at radius 3 is 2.83 bits per heavy atom. The predicted octanol–water partition coefficient (Wildman–Crippen LogP) is 3.44. The lowest BCUT2D eigenvalue weighted by Gasteiger charge is -2.11. The Labute approximate surface area is 131 Å². The second-order valence-electron chi connectivity index (χ2n) is 5.20. The van der Waals surface area contributed by atoms with Crippen molar-refractivity contribution in [1.82, 2.24) is 9.38 Å². The molecule has 0 saturated heterocycles. The third kappa shape index (κ3) is 2.67. The summed E-state index contributed by atoms with van der Waals surface area (Å²) in [5, 5.41) is 0. The van der Waals surface area contributed by atoms with Gasteiger partial charge in [0, 0.05) is 6.20 Å². The molecule has 23 heavy (non-hydrogen) atoms. The van der Waals surface area contributed by atoms with Crippen LogP contribution < -0.4 is 5.73 Å². The number of nitrogen functional groups attached to an aromatic ring is 1. The highest BCUT2D eigenvalue weighted by Gasteiger charge is 2.13. The van der Waals surface area contributed by atoms with Crippen LogP contribution in [0, 0.1) is 5.82 Å². The third-order valence-corrected chi connectivity index (χ3v) is 3.79. The van der Waals surface area contributed by atoms with Gasteiger partial charge in [-0.1, -0.05) is 12.1 Å². The van der Waals surface area contributed by atoms with Gasteiger partial charge in [-0.3, -0.25) is 13.6 Å². The number of pyridine rings is 1.